The molecule has 0 saturated heterocycles. The summed E-state index contributed by atoms with van der Waals surface area (Å²) in [5.74, 6) is 5.00. The second-order valence-corrected chi connectivity index (χ2v) is 3.90. The molecule has 0 aromatic heterocycles. The Morgan fingerprint density at radius 2 is 2.14 bits per heavy atom. The number of benzene rings is 1. The zero-order valence-corrected chi connectivity index (χ0v) is 8.49. The summed E-state index contributed by atoms with van der Waals surface area (Å²) in [6.45, 7) is 2.73. The summed E-state index contributed by atoms with van der Waals surface area (Å²) >= 11 is 0. The lowest BCUT2D eigenvalue weighted by atomic mass is 10.0. The van der Waals surface area contributed by atoms with Crippen molar-refractivity contribution in [3.63, 3.8) is 0 Å². The summed E-state index contributed by atoms with van der Waals surface area (Å²) in [5, 5.41) is 0. The van der Waals surface area contributed by atoms with E-state index in [4.69, 9.17) is 5.90 Å². The topological polar surface area (TPSA) is 38.5 Å². The summed E-state index contributed by atoms with van der Waals surface area (Å²) in [6, 6.07) is 6.64. The molecule has 2 N–H and O–H groups in total. The van der Waals surface area contributed by atoms with E-state index in [1.165, 1.54) is 16.7 Å². The highest BCUT2D eigenvalue weighted by Gasteiger charge is 2.14. The number of nitrogens with two attached hydrogens (primary N) is 1. The van der Waals surface area contributed by atoms with Crippen LogP contribution in [-0.4, -0.2) is 18.6 Å². The van der Waals surface area contributed by atoms with Crippen LogP contribution in [0.25, 0.3) is 0 Å². The first-order valence-electron chi connectivity index (χ1n) is 4.90. The zero-order chi connectivity index (χ0) is 9.97. The third-order valence-corrected chi connectivity index (χ3v) is 2.66. The normalized spacial score (nSPS) is 15.9. The Kier molecular flexibility index (Phi) is 2.82. The largest absolute Gasteiger partial charge is 0.304 e. The van der Waals surface area contributed by atoms with Crippen LogP contribution >= 0.6 is 0 Å². The quantitative estimate of drug-likeness (QED) is 0.728. The van der Waals surface area contributed by atoms with Gasteiger partial charge in [-0.2, -0.15) is 0 Å². The van der Waals surface area contributed by atoms with Gasteiger partial charge in [-0.3, -0.25) is 4.90 Å². The number of rotatable bonds is 3. The van der Waals surface area contributed by atoms with Crippen molar-refractivity contribution in [3.05, 3.63) is 34.9 Å². The minimum atomic E-state index is 0.592. The first-order chi connectivity index (χ1) is 6.79. The Labute approximate surface area is 84.4 Å². The highest BCUT2D eigenvalue weighted by atomic mass is 16.6. The van der Waals surface area contributed by atoms with Crippen LogP contribution in [0, 0.1) is 0 Å². The van der Waals surface area contributed by atoms with E-state index in [1.807, 2.05) is 0 Å². The molecule has 14 heavy (non-hydrogen) atoms. The molecule has 0 radical (unpaired) electrons. The van der Waals surface area contributed by atoms with Crippen molar-refractivity contribution in [2.75, 3.05) is 13.7 Å². The fourth-order valence-electron chi connectivity index (χ4n) is 1.95. The van der Waals surface area contributed by atoms with E-state index >= 15 is 0 Å². The Morgan fingerprint density at radius 1 is 1.36 bits per heavy atom. The fourth-order valence-corrected chi connectivity index (χ4v) is 1.95. The molecule has 1 aliphatic heterocycles. The minimum absolute atomic E-state index is 0.592. The van der Waals surface area contributed by atoms with Crippen LogP contribution in [-0.2, 0) is 24.3 Å². The van der Waals surface area contributed by atoms with Crippen molar-refractivity contribution in [2.24, 2.45) is 5.90 Å². The summed E-state index contributed by atoms with van der Waals surface area (Å²) in [7, 11) is 2.14. The lowest BCUT2D eigenvalue weighted by Gasteiger charge is -2.03. The maximum atomic E-state index is 5.00. The molecule has 1 heterocycles. The van der Waals surface area contributed by atoms with Crippen LogP contribution in [0.5, 0.6) is 0 Å². The number of hydrogen-bond donors (Lipinski definition) is 1. The van der Waals surface area contributed by atoms with Gasteiger partial charge in [0.2, 0.25) is 0 Å². The third-order valence-electron chi connectivity index (χ3n) is 2.66. The van der Waals surface area contributed by atoms with Gasteiger partial charge in [0.25, 0.3) is 0 Å². The molecular formula is C11H16N2O. The Bertz CT molecular complexity index is 325. The van der Waals surface area contributed by atoms with Gasteiger partial charge in [-0.15, -0.1) is 0 Å². The summed E-state index contributed by atoms with van der Waals surface area (Å²) in [4.78, 5) is 6.89. The van der Waals surface area contributed by atoms with E-state index in [0.717, 1.165) is 19.5 Å². The average Bonchev–Trinajstić information content (AvgIpc) is 2.54. The third kappa shape index (κ3) is 1.95. The molecule has 1 aliphatic rings. The van der Waals surface area contributed by atoms with Crippen molar-refractivity contribution in [3.8, 4) is 0 Å². The molecule has 3 nitrogen and oxygen atoms in total. The lowest BCUT2D eigenvalue weighted by molar-refractivity contribution is 0.141. The molecule has 0 atom stereocenters. The molecule has 0 amide bonds. The van der Waals surface area contributed by atoms with Gasteiger partial charge in [0.05, 0.1) is 6.61 Å². The number of hydrogen-bond acceptors (Lipinski definition) is 3. The molecule has 1 aromatic carbocycles. The molecule has 0 fully saturated rings. The van der Waals surface area contributed by atoms with Crippen molar-refractivity contribution in [2.45, 2.75) is 19.5 Å². The Morgan fingerprint density at radius 3 is 2.93 bits per heavy atom. The molecule has 76 valence electrons. The summed E-state index contributed by atoms with van der Waals surface area (Å²) in [6.07, 6.45) is 0.896. The molecule has 0 saturated carbocycles. The molecule has 0 aliphatic carbocycles. The average molecular weight is 192 g/mol. The van der Waals surface area contributed by atoms with Crippen LogP contribution in [0.15, 0.2) is 18.2 Å². The van der Waals surface area contributed by atoms with Crippen molar-refractivity contribution >= 4 is 0 Å². The maximum Gasteiger partial charge on any atom is 0.0719 e. The predicted molar refractivity (Wildman–Crippen MR) is 55.5 cm³/mol. The summed E-state index contributed by atoms with van der Waals surface area (Å²) < 4.78 is 0. The van der Waals surface area contributed by atoms with Crippen molar-refractivity contribution < 1.29 is 4.84 Å². The van der Waals surface area contributed by atoms with Crippen LogP contribution in [0.3, 0.4) is 0 Å². The molecular weight excluding hydrogens is 176 g/mol. The molecule has 0 spiro atoms. The SMILES string of the molecule is CN1Cc2ccc(CCON)cc2C1. The minimum Gasteiger partial charge on any atom is -0.304 e. The second-order valence-electron chi connectivity index (χ2n) is 3.90. The Hall–Kier alpha value is -0.900. The molecule has 0 bridgehead atoms. The van der Waals surface area contributed by atoms with Gasteiger partial charge in [-0.25, -0.2) is 5.90 Å². The van der Waals surface area contributed by atoms with Crippen LogP contribution in [0.4, 0.5) is 0 Å². The van der Waals surface area contributed by atoms with Gasteiger partial charge in [0.1, 0.15) is 0 Å². The van der Waals surface area contributed by atoms with E-state index in [9.17, 15) is 0 Å². The van der Waals surface area contributed by atoms with Crippen molar-refractivity contribution in [1.29, 1.82) is 0 Å². The highest BCUT2D eigenvalue weighted by molar-refractivity contribution is 5.34. The maximum absolute atomic E-state index is 5.00. The van der Waals surface area contributed by atoms with Gasteiger partial charge in [0, 0.05) is 13.1 Å². The molecule has 3 heteroatoms. The van der Waals surface area contributed by atoms with E-state index < -0.39 is 0 Å². The number of nitrogens with zero attached hydrogens (tertiary/aromatic N) is 1. The van der Waals surface area contributed by atoms with E-state index in [0.29, 0.717) is 6.61 Å². The van der Waals surface area contributed by atoms with Gasteiger partial charge in [0.15, 0.2) is 0 Å². The molecule has 1 aromatic rings. The van der Waals surface area contributed by atoms with Gasteiger partial charge in [-0.1, -0.05) is 18.2 Å². The van der Waals surface area contributed by atoms with Gasteiger partial charge in [-0.05, 0) is 30.2 Å². The lowest BCUT2D eigenvalue weighted by Crippen LogP contribution is -2.07. The number of fused-ring (bicyclic) bond motifs is 1. The van der Waals surface area contributed by atoms with Crippen LogP contribution in [0.2, 0.25) is 0 Å². The van der Waals surface area contributed by atoms with Gasteiger partial charge < -0.3 is 4.84 Å². The second kappa shape index (κ2) is 4.09. The van der Waals surface area contributed by atoms with Crippen LogP contribution < -0.4 is 5.90 Å². The van der Waals surface area contributed by atoms with Gasteiger partial charge >= 0.3 is 0 Å². The van der Waals surface area contributed by atoms with E-state index in [1.54, 1.807) is 0 Å². The molecule has 0 unspecified atom stereocenters. The van der Waals surface area contributed by atoms with Crippen molar-refractivity contribution in [1.82, 2.24) is 4.90 Å². The smallest absolute Gasteiger partial charge is 0.0719 e. The van der Waals surface area contributed by atoms with Crippen LogP contribution in [0.1, 0.15) is 16.7 Å². The molecule has 2 rings (SSSR count). The van der Waals surface area contributed by atoms with E-state index in [-0.39, 0.29) is 0 Å². The first-order valence-corrected chi connectivity index (χ1v) is 4.90. The van der Waals surface area contributed by atoms with E-state index in [2.05, 4.69) is 35.0 Å². The zero-order valence-electron chi connectivity index (χ0n) is 8.49. The first kappa shape index (κ1) is 9.65. The standard InChI is InChI=1S/C11H16N2O/c1-13-7-10-3-2-9(4-5-14-12)6-11(10)8-13/h2-3,6H,4-5,7-8,12H2,1H3. The predicted octanol–water partition coefficient (Wildman–Crippen LogP) is 1.06. The Balaban J connectivity index is 2.12. The highest BCUT2D eigenvalue weighted by Crippen LogP contribution is 2.22. The fraction of sp³-hybridized carbons (Fsp3) is 0.455. The summed E-state index contributed by atoms with van der Waals surface area (Å²) in [5.41, 5.74) is 4.21. The monoisotopic (exact) mass is 192 g/mol.